The van der Waals surface area contributed by atoms with Gasteiger partial charge in [0.2, 0.25) is 0 Å². The van der Waals surface area contributed by atoms with Crippen LogP contribution in [0.3, 0.4) is 0 Å². The summed E-state index contributed by atoms with van der Waals surface area (Å²) in [4.78, 5) is 4.04. The fraction of sp³-hybridized carbons (Fsp3) is 0.400. The third kappa shape index (κ3) is 10.2. The minimum absolute atomic E-state index is 0. The molecule has 8 heteroatoms. The van der Waals surface area contributed by atoms with Crippen LogP contribution in [0.5, 0.6) is 0 Å². The van der Waals surface area contributed by atoms with Gasteiger partial charge in [-0.15, -0.1) is 30.6 Å². The van der Waals surface area contributed by atoms with Crippen LogP contribution in [0.2, 0.25) is 0 Å². The van der Waals surface area contributed by atoms with Gasteiger partial charge in [0.15, 0.2) is 5.96 Å². The largest absolute Gasteiger partial charge is 0.411 e. The first-order valence-corrected chi connectivity index (χ1v) is 6.72. The van der Waals surface area contributed by atoms with Crippen LogP contribution in [0.25, 0.3) is 0 Å². The van der Waals surface area contributed by atoms with Crippen LogP contribution >= 0.6 is 24.0 Å². The Labute approximate surface area is 151 Å². The molecule has 23 heavy (non-hydrogen) atoms. The highest BCUT2D eigenvalue weighted by Crippen LogP contribution is 2.16. The first-order chi connectivity index (χ1) is 10.4. The van der Waals surface area contributed by atoms with Gasteiger partial charge in [-0.25, -0.2) is 0 Å². The zero-order valence-electron chi connectivity index (χ0n) is 12.8. The van der Waals surface area contributed by atoms with Gasteiger partial charge in [-0.2, -0.15) is 13.2 Å². The Balaban J connectivity index is 0.00000484. The van der Waals surface area contributed by atoms with Crippen molar-refractivity contribution in [1.82, 2.24) is 10.6 Å². The lowest BCUT2D eigenvalue weighted by molar-refractivity contribution is -0.176. The normalized spacial score (nSPS) is 11.6. The summed E-state index contributed by atoms with van der Waals surface area (Å²) in [5, 5.41) is 6.12. The Morgan fingerprint density at radius 1 is 1.30 bits per heavy atom. The van der Waals surface area contributed by atoms with E-state index in [4.69, 9.17) is 0 Å². The molecule has 0 aliphatic carbocycles. The second-order valence-electron chi connectivity index (χ2n) is 4.52. The maximum atomic E-state index is 12.0. The summed E-state index contributed by atoms with van der Waals surface area (Å²) in [5.74, 6) is 0.624. The molecule has 1 aromatic rings. The van der Waals surface area contributed by atoms with E-state index in [-0.39, 0.29) is 30.6 Å². The van der Waals surface area contributed by atoms with E-state index in [0.717, 1.165) is 5.56 Å². The van der Waals surface area contributed by atoms with Gasteiger partial charge >= 0.3 is 6.18 Å². The number of hydrogen-bond donors (Lipinski definition) is 2. The van der Waals surface area contributed by atoms with Crippen molar-refractivity contribution in [3.63, 3.8) is 0 Å². The van der Waals surface area contributed by atoms with Gasteiger partial charge < -0.3 is 15.4 Å². The maximum Gasteiger partial charge on any atom is 0.411 e. The molecular formula is C15H21F3IN3O. The van der Waals surface area contributed by atoms with E-state index in [1.54, 1.807) is 31.3 Å². The van der Waals surface area contributed by atoms with Crippen molar-refractivity contribution < 1.29 is 17.9 Å². The standard InChI is InChI=1S/C15H20F3N3O.HI/c1-3-7-20-14(19-2)21-9-12-5-4-6-13(8-12)10-22-11-15(16,17)18;/h3-6,8H,1,7,9-11H2,2H3,(H2,19,20,21);1H. The summed E-state index contributed by atoms with van der Waals surface area (Å²) in [6.45, 7) is 3.38. The predicted octanol–water partition coefficient (Wildman–Crippen LogP) is 3.23. The first kappa shape index (κ1) is 21.7. The molecule has 0 saturated carbocycles. The molecule has 4 nitrogen and oxygen atoms in total. The molecule has 0 bridgehead atoms. The van der Waals surface area contributed by atoms with E-state index in [9.17, 15) is 13.2 Å². The Bertz CT molecular complexity index is 507. The van der Waals surface area contributed by atoms with Gasteiger partial charge in [0, 0.05) is 20.1 Å². The summed E-state index contributed by atoms with van der Waals surface area (Å²) < 4.78 is 40.7. The van der Waals surface area contributed by atoms with Gasteiger partial charge in [-0.3, -0.25) is 4.99 Å². The number of nitrogens with one attached hydrogen (secondary N) is 2. The van der Waals surface area contributed by atoms with Gasteiger partial charge in [-0.05, 0) is 11.1 Å². The highest BCUT2D eigenvalue weighted by molar-refractivity contribution is 14.0. The number of ether oxygens (including phenoxy) is 1. The van der Waals surface area contributed by atoms with Crippen LogP contribution in [0.15, 0.2) is 41.9 Å². The second-order valence-corrected chi connectivity index (χ2v) is 4.52. The topological polar surface area (TPSA) is 45.7 Å². The molecule has 0 spiro atoms. The van der Waals surface area contributed by atoms with Crippen molar-refractivity contribution in [2.24, 2.45) is 4.99 Å². The number of hydrogen-bond acceptors (Lipinski definition) is 2. The lowest BCUT2D eigenvalue weighted by atomic mass is 10.1. The molecule has 0 saturated heterocycles. The minimum atomic E-state index is -4.30. The smallest absolute Gasteiger partial charge is 0.367 e. The fourth-order valence-corrected chi connectivity index (χ4v) is 1.69. The third-order valence-electron chi connectivity index (χ3n) is 2.62. The average molecular weight is 443 g/mol. The van der Waals surface area contributed by atoms with Crippen molar-refractivity contribution in [2.75, 3.05) is 20.2 Å². The van der Waals surface area contributed by atoms with Crippen LogP contribution in [0.4, 0.5) is 13.2 Å². The summed E-state index contributed by atoms with van der Waals surface area (Å²) in [6, 6.07) is 7.18. The van der Waals surface area contributed by atoms with Gasteiger partial charge in [0.05, 0.1) is 6.61 Å². The van der Waals surface area contributed by atoms with Crippen LogP contribution in [-0.2, 0) is 17.9 Å². The molecule has 0 amide bonds. The molecular weight excluding hydrogens is 422 g/mol. The molecule has 130 valence electrons. The Hall–Kier alpha value is -1.29. The van der Waals surface area contributed by atoms with Crippen molar-refractivity contribution in [2.45, 2.75) is 19.3 Å². The molecule has 0 aliphatic rings. The summed E-state index contributed by atoms with van der Waals surface area (Å²) in [6.07, 6.45) is -2.59. The number of rotatable bonds is 7. The number of halogens is 4. The maximum absolute atomic E-state index is 12.0. The molecule has 1 aromatic carbocycles. The van der Waals surface area contributed by atoms with E-state index in [2.05, 4.69) is 26.9 Å². The molecule has 0 atom stereocenters. The second kappa shape index (κ2) is 11.3. The molecule has 1 rings (SSSR count). The summed E-state index contributed by atoms with van der Waals surface area (Å²) >= 11 is 0. The van der Waals surface area contributed by atoms with E-state index < -0.39 is 12.8 Å². The number of aliphatic imine (C=N–C) groups is 1. The lowest BCUT2D eigenvalue weighted by Crippen LogP contribution is -2.36. The van der Waals surface area contributed by atoms with E-state index in [0.29, 0.717) is 24.6 Å². The Morgan fingerprint density at radius 3 is 2.61 bits per heavy atom. The lowest BCUT2D eigenvalue weighted by Gasteiger charge is -2.12. The molecule has 0 radical (unpaired) electrons. The van der Waals surface area contributed by atoms with E-state index >= 15 is 0 Å². The van der Waals surface area contributed by atoms with Crippen LogP contribution in [-0.4, -0.2) is 32.3 Å². The van der Waals surface area contributed by atoms with Crippen molar-refractivity contribution >= 4 is 29.9 Å². The van der Waals surface area contributed by atoms with E-state index in [1.807, 2.05) is 6.07 Å². The summed E-state index contributed by atoms with van der Waals surface area (Å²) in [7, 11) is 1.65. The molecule has 0 aliphatic heterocycles. The highest BCUT2D eigenvalue weighted by atomic mass is 127. The Kier molecular flexibility index (Phi) is 10.6. The van der Waals surface area contributed by atoms with Crippen LogP contribution in [0, 0.1) is 0 Å². The average Bonchev–Trinajstić information content (AvgIpc) is 2.46. The third-order valence-corrected chi connectivity index (χ3v) is 2.62. The number of nitrogens with zero attached hydrogens (tertiary/aromatic N) is 1. The summed E-state index contributed by atoms with van der Waals surface area (Å²) in [5.41, 5.74) is 1.62. The predicted molar refractivity (Wildman–Crippen MR) is 96.0 cm³/mol. The minimum Gasteiger partial charge on any atom is -0.367 e. The van der Waals surface area contributed by atoms with Gasteiger partial charge in [0.25, 0.3) is 0 Å². The van der Waals surface area contributed by atoms with E-state index in [1.165, 1.54) is 0 Å². The Morgan fingerprint density at radius 2 is 2.00 bits per heavy atom. The first-order valence-electron chi connectivity index (χ1n) is 6.72. The number of alkyl halides is 3. The van der Waals surface area contributed by atoms with Crippen molar-refractivity contribution in [3.8, 4) is 0 Å². The SMILES string of the molecule is C=CCNC(=NC)NCc1cccc(COCC(F)(F)F)c1.I. The van der Waals surface area contributed by atoms with Crippen LogP contribution in [0.1, 0.15) is 11.1 Å². The van der Waals surface area contributed by atoms with Gasteiger partial charge in [0.1, 0.15) is 6.61 Å². The number of guanidine groups is 1. The monoisotopic (exact) mass is 443 g/mol. The molecule has 2 N–H and O–H groups in total. The highest BCUT2D eigenvalue weighted by Gasteiger charge is 2.27. The zero-order valence-corrected chi connectivity index (χ0v) is 15.2. The number of benzene rings is 1. The molecule has 0 unspecified atom stereocenters. The van der Waals surface area contributed by atoms with Crippen molar-refractivity contribution in [3.05, 3.63) is 48.0 Å². The van der Waals surface area contributed by atoms with Crippen molar-refractivity contribution in [1.29, 1.82) is 0 Å². The van der Waals surface area contributed by atoms with Gasteiger partial charge in [-0.1, -0.05) is 30.3 Å². The quantitative estimate of drug-likeness (QED) is 0.295. The zero-order chi connectivity index (χ0) is 16.4. The molecule has 0 aromatic heterocycles. The molecule has 0 heterocycles. The van der Waals surface area contributed by atoms with Crippen LogP contribution < -0.4 is 10.6 Å². The molecule has 0 fully saturated rings. The fourth-order valence-electron chi connectivity index (χ4n) is 1.69.